The number of rotatable bonds is 7. The van der Waals surface area contributed by atoms with Gasteiger partial charge in [-0.2, -0.15) is 0 Å². The molecule has 1 aromatic carbocycles. The van der Waals surface area contributed by atoms with Gasteiger partial charge in [0.1, 0.15) is 0 Å². The van der Waals surface area contributed by atoms with Gasteiger partial charge in [-0.1, -0.05) is 12.1 Å². The van der Waals surface area contributed by atoms with E-state index in [2.05, 4.69) is 11.1 Å². The van der Waals surface area contributed by atoms with Crippen molar-refractivity contribution in [2.24, 2.45) is 0 Å². The maximum absolute atomic E-state index is 12.0. The van der Waals surface area contributed by atoms with Gasteiger partial charge < -0.3 is 9.64 Å². The Morgan fingerprint density at radius 3 is 2.95 bits per heavy atom. The van der Waals surface area contributed by atoms with Gasteiger partial charge in [0.15, 0.2) is 0 Å². The summed E-state index contributed by atoms with van der Waals surface area (Å²) in [6.07, 6.45) is 2.11. The molecule has 0 unspecified atom stereocenters. The van der Waals surface area contributed by atoms with Crippen molar-refractivity contribution >= 4 is 27.5 Å². The van der Waals surface area contributed by atoms with Crippen molar-refractivity contribution in [3.8, 4) is 0 Å². The quantitative estimate of drug-likeness (QED) is 0.737. The van der Waals surface area contributed by atoms with E-state index in [-0.39, 0.29) is 5.91 Å². The summed E-state index contributed by atoms with van der Waals surface area (Å²) in [4.78, 5) is 18.3. The number of hydrogen-bond donors (Lipinski definition) is 0. The van der Waals surface area contributed by atoms with Gasteiger partial charge >= 0.3 is 0 Å². The fraction of sp³-hybridized carbons (Fsp3) is 0.467. The van der Waals surface area contributed by atoms with Crippen LogP contribution in [0.25, 0.3) is 10.2 Å². The average Bonchev–Trinajstić information content (AvgIpc) is 2.87. The summed E-state index contributed by atoms with van der Waals surface area (Å²) < 4.78 is 6.17. The zero-order valence-electron chi connectivity index (χ0n) is 12.0. The van der Waals surface area contributed by atoms with Gasteiger partial charge in [-0.3, -0.25) is 4.79 Å². The second kappa shape index (κ2) is 7.36. The maximum atomic E-state index is 12.0. The molecular formula is C15H20N2O2S. The first-order chi connectivity index (χ1) is 9.70. The van der Waals surface area contributed by atoms with Gasteiger partial charge in [0.05, 0.1) is 15.2 Å². The Labute approximate surface area is 123 Å². The third kappa shape index (κ3) is 4.02. The summed E-state index contributed by atoms with van der Waals surface area (Å²) in [6, 6.07) is 8.07. The highest BCUT2D eigenvalue weighted by atomic mass is 32.1. The van der Waals surface area contributed by atoms with Crippen LogP contribution in [0.15, 0.2) is 24.3 Å². The number of thiazole rings is 1. The van der Waals surface area contributed by atoms with E-state index in [0.29, 0.717) is 19.4 Å². The molecule has 0 aliphatic heterocycles. The van der Waals surface area contributed by atoms with E-state index in [0.717, 1.165) is 23.5 Å². The zero-order valence-corrected chi connectivity index (χ0v) is 12.8. The monoisotopic (exact) mass is 292 g/mol. The predicted octanol–water partition coefficient (Wildman–Crippen LogP) is 2.72. The first-order valence-corrected chi connectivity index (χ1v) is 7.59. The first kappa shape index (κ1) is 14.9. The molecule has 5 heteroatoms. The van der Waals surface area contributed by atoms with E-state index in [4.69, 9.17) is 4.74 Å². The Bertz CT molecular complexity index is 535. The van der Waals surface area contributed by atoms with E-state index < -0.39 is 0 Å². The Morgan fingerprint density at radius 1 is 1.40 bits per heavy atom. The summed E-state index contributed by atoms with van der Waals surface area (Å²) in [7, 11) is 3.52. The number of benzene rings is 1. The first-order valence-electron chi connectivity index (χ1n) is 6.78. The molecule has 0 aliphatic carbocycles. The number of para-hydroxylation sites is 1. The van der Waals surface area contributed by atoms with Gasteiger partial charge in [0, 0.05) is 40.2 Å². The summed E-state index contributed by atoms with van der Waals surface area (Å²) in [5, 5.41) is 1.03. The largest absolute Gasteiger partial charge is 0.385 e. The molecule has 1 aromatic heterocycles. The summed E-state index contributed by atoms with van der Waals surface area (Å²) in [6.45, 7) is 1.43. The smallest absolute Gasteiger partial charge is 0.222 e. The van der Waals surface area contributed by atoms with Gasteiger partial charge in [-0.25, -0.2) is 4.98 Å². The van der Waals surface area contributed by atoms with Crippen LogP contribution in [0.4, 0.5) is 0 Å². The van der Waals surface area contributed by atoms with Crippen molar-refractivity contribution in [1.29, 1.82) is 0 Å². The van der Waals surface area contributed by atoms with Gasteiger partial charge in [-0.05, 0) is 18.6 Å². The number of hydrogen-bond acceptors (Lipinski definition) is 4. The van der Waals surface area contributed by atoms with Crippen molar-refractivity contribution in [2.45, 2.75) is 19.3 Å². The molecule has 0 N–H and O–H groups in total. The molecule has 1 heterocycles. The number of carbonyl (C=O) groups is 1. The lowest BCUT2D eigenvalue weighted by Crippen LogP contribution is -2.28. The molecule has 0 spiro atoms. The Balaban J connectivity index is 1.83. The van der Waals surface area contributed by atoms with Crippen LogP contribution >= 0.6 is 11.3 Å². The SMILES string of the molecule is COCCCN(C)C(=O)CCc1nc2ccccc2s1. The minimum Gasteiger partial charge on any atom is -0.385 e. The predicted molar refractivity (Wildman–Crippen MR) is 82.1 cm³/mol. The third-order valence-corrected chi connectivity index (χ3v) is 4.25. The lowest BCUT2D eigenvalue weighted by molar-refractivity contribution is -0.130. The second-order valence-corrected chi connectivity index (χ2v) is 5.85. The minimum atomic E-state index is 0.167. The molecule has 0 saturated carbocycles. The van der Waals surface area contributed by atoms with Crippen LogP contribution in [-0.2, 0) is 16.0 Å². The molecule has 2 aromatic rings. The molecule has 4 nitrogen and oxygen atoms in total. The Kier molecular flexibility index (Phi) is 5.49. The lowest BCUT2D eigenvalue weighted by Gasteiger charge is -2.16. The van der Waals surface area contributed by atoms with Crippen LogP contribution in [0.1, 0.15) is 17.8 Å². The molecule has 0 bridgehead atoms. The summed E-state index contributed by atoms with van der Waals surface area (Å²) in [5.41, 5.74) is 1.02. The number of fused-ring (bicyclic) bond motifs is 1. The number of aromatic nitrogens is 1. The normalized spacial score (nSPS) is 10.9. The van der Waals surface area contributed by atoms with Crippen LogP contribution in [0.3, 0.4) is 0 Å². The van der Waals surface area contributed by atoms with Gasteiger partial charge in [0.25, 0.3) is 0 Å². The van der Waals surface area contributed by atoms with Crippen molar-refractivity contribution < 1.29 is 9.53 Å². The molecule has 1 amide bonds. The number of amides is 1. The summed E-state index contributed by atoms with van der Waals surface area (Å²) in [5.74, 6) is 0.167. The number of methoxy groups -OCH3 is 1. The molecule has 0 aliphatic rings. The number of aryl methyl sites for hydroxylation is 1. The van der Waals surface area contributed by atoms with Crippen LogP contribution in [0.5, 0.6) is 0 Å². The van der Waals surface area contributed by atoms with Crippen molar-refractivity contribution in [3.63, 3.8) is 0 Å². The number of carbonyl (C=O) groups excluding carboxylic acids is 1. The second-order valence-electron chi connectivity index (χ2n) is 4.74. The number of nitrogens with zero attached hydrogens (tertiary/aromatic N) is 2. The van der Waals surface area contributed by atoms with Crippen molar-refractivity contribution in [3.05, 3.63) is 29.3 Å². The molecule has 108 valence electrons. The average molecular weight is 292 g/mol. The highest BCUT2D eigenvalue weighted by Crippen LogP contribution is 2.22. The number of ether oxygens (including phenoxy) is 1. The molecule has 0 saturated heterocycles. The summed E-state index contributed by atoms with van der Waals surface area (Å²) >= 11 is 1.67. The topological polar surface area (TPSA) is 42.4 Å². The minimum absolute atomic E-state index is 0.167. The molecule has 0 fully saturated rings. The van der Waals surface area contributed by atoms with E-state index >= 15 is 0 Å². The van der Waals surface area contributed by atoms with Crippen LogP contribution in [-0.4, -0.2) is 43.1 Å². The molecule has 2 rings (SSSR count). The van der Waals surface area contributed by atoms with Crippen LogP contribution in [0.2, 0.25) is 0 Å². The van der Waals surface area contributed by atoms with Gasteiger partial charge in [-0.15, -0.1) is 11.3 Å². The van der Waals surface area contributed by atoms with E-state index in [1.54, 1.807) is 23.3 Å². The van der Waals surface area contributed by atoms with Crippen molar-refractivity contribution in [1.82, 2.24) is 9.88 Å². The van der Waals surface area contributed by atoms with E-state index in [9.17, 15) is 4.79 Å². The Hall–Kier alpha value is -1.46. The standard InChI is InChI=1S/C15H20N2O2S/c1-17(10-5-11-19-2)15(18)9-8-14-16-12-6-3-4-7-13(12)20-14/h3-4,6-7H,5,8-11H2,1-2H3. The van der Waals surface area contributed by atoms with E-state index in [1.807, 2.05) is 25.2 Å². The highest BCUT2D eigenvalue weighted by molar-refractivity contribution is 7.18. The van der Waals surface area contributed by atoms with Gasteiger partial charge in [0.2, 0.25) is 5.91 Å². The molecule has 0 atom stereocenters. The van der Waals surface area contributed by atoms with Crippen LogP contribution < -0.4 is 0 Å². The van der Waals surface area contributed by atoms with Crippen LogP contribution in [0, 0.1) is 0 Å². The third-order valence-electron chi connectivity index (χ3n) is 3.16. The molecule has 0 radical (unpaired) electrons. The Morgan fingerprint density at radius 2 is 2.20 bits per heavy atom. The zero-order chi connectivity index (χ0) is 14.4. The fourth-order valence-electron chi connectivity index (χ4n) is 2.00. The lowest BCUT2D eigenvalue weighted by atomic mass is 10.3. The molecule has 20 heavy (non-hydrogen) atoms. The highest BCUT2D eigenvalue weighted by Gasteiger charge is 2.10. The molecular weight excluding hydrogens is 272 g/mol. The fourth-order valence-corrected chi connectivity index (χ4v) is 2.97. The van der Waals surface area contributed by atoms with Crippen molar-refractivity contribution in [2.75, 3.05) is 27.3 Å². The van der Waals surface area contributed by atoms with E-state index in [1.165, 1.54) is 4.70 Å². The maximum Gasteiger partial charge on any atom is 0.222 e.